The molecular weight excluding hydrogens is 164 g/mol. The molecule has 0 spiro atoms. The fourth-order valence-corrected chi connectivity index (χ4v) is 0.837. The van der Waals surface area contributed by atoms with Crippen LogP contribution in [0.3, 0.4) is 0 Å². The number of carbonyl (C=O) groups is 1. The molecule has 1 amide bonds. The number of hydrogen-bond donors (Lipinski definition) is 2. The Labute approximate surface area is 77.1 Å². The van der Waals surface area contributed by atoms with Gasteiger partial charge in [0.1, 0.15) is 0 Å². The first kappa shape index (κ1) is 9.30. The zero-order valence-electron chi connectivity index (χ0n) is 7.08. The first-order valence-electron chi connectivity index (χ1n) is 3.86. The summed E-state index contributed by atoms with van der Waals surface area (Å²) >= 11 is 0. The maximum absolute atomic E-state index is 11.3. The molecule has 0 aliphatic rings. The number of hydrazine groups is 1. The van der Waals surface area contributed by atoms with Gasteiger partial charge in [-0.2, -0.15) is 0 Å². The lowest BCUT2D eigenvalue weighted by atomic mass is 10.2. The Hall–Kier alpha value is -1.79. The third-order valence-electron chi connectivity index (χ3n) is 1.43. The number of terminal acetylenes is 1. The lowest BCUT2D eigenvalue weighted by Gasteiger charge is -2.03. The molecule has 0 saturated heterocycles. The smallest absolute Gasteiger partial charge is 0.265 e. The predicted octanol–water partition coefficient (Wildman–Crippen LogP) is 0.554. The summed E-state index contributed by atoms with van der Waals surface area (Å²) in [4.78, 5) is 11.3. The van der Waals surface area contributed by atoms with Gasteiger partial charge in [0.05, 0.1) is 6.54 Å². The number of nitrogens with one attached hydrogen (secondary N) is 2. The highest BCUT2D eigenvalue weighted by Crippen LogP contribution is 1.96. The molecule has 1 aromatic rings. The zero-order chi connectivity index (χ0) is 9.52. The second-order valence-electron chi connectivity index (χ2n) is 2.38. The lowest BCUT2D eigenvalue weighted by Crippen LogP contribution is -2.37. The Kier molecular flexibility index (Phi) is 3.55. The summed E-state index contributed by atoms with van der Waals surface area (Å²) < 4.78 is 0. The SMILES string of the molecule is C#CCNNC(=O)c1ccccc1. The van der Waals surface area contributed by atoms with Gasteiger partial charge in [-0.05, 0) is 12.1 Å². The van der Waals surface area contributed by atoms with E-state index in [4.69, 9.17) is 6.42 Å². The van der Waals surface area contributed by atoms with Gasteiger partial charge in [-0.3, -0.25) is 10.2 Å². The van der Waals surface area contributed by atoms with E-state index in [9.17, 15) is 4.79 Å². The van der Waals surface area contributed by atoms with Crippen LogP contribution < -0.4 is 10.9 Å². The predicted molar refractivity (Wildman–Crippen MR) is 50.7 cm³/mol. The van der Waals surface area contributed by atoms with E-state index in [1.165, 1.54) is 0 Å². The summed E-state index contributed by atoms with van der Waals surface area (Å²) in [5, 5.41) is 0. The number of carbonyl (C=O) groups excluding carboxylic acids is 1. The lowest BCUT2D eigenvalue weighted by molar-refractivity contribution is 0.0936. The van der Waals surface area contributed by atoms with E-state index in [1.807, 2.05) is 6.07 Å². The maximum atomic E-state index is 11.3. The van der Waals surface area contributed by atoms with Crippen LogP contribution in [0.15, 0.2) is 30.3 Å². The molecule has 3 nitrogen and oxygen atoms in total. The molecule has 0 fully saturated rings. The zero-order valence-corrected chi connectivity index (χ0v) is 7.08. The van der Waals surface area contributed by atoms with Crippen LogP contribution in [0.2, 0.25) is 0 Å². The topological polar surface area (TPSA) is 41.1 Å². The van der Waals surface area contributed by atoms with Crippen molar-refractivity contribution in [1.29, 1.82) is 0 Å². The minimum atomic E-state index is -0.184. The molecule has 1 rings (SSSR count). The Bertz CT molecular complexity index is 313. The van der Waals surface area contributed by atoms with Gasteiger partial charge in [0.2, 0.25) is 0 Å². The van der Waals surface area contributed by atoms with Crippen molar-refractivity contribution in [2.75, 3.05) is 6.54 Å². The Morgan fingerprint density at radius 1 is 1.38 bits per heavy atom. The molecule has 0 aliphatic carbocycles. The minimum Gasteiger partial charge on any atom is -0.287 e. The quantitative estimate of drug-likeness (QED) is 0.399. The fourth-order valence-electron chi connectivity index (χ4n) is 0.837. The van der Waals surface area contributed by atoms with Crippen LogP contribution in [0.4, 0.5) is 0 Å². The molecule has 0 aliphatic heterocycles. The normalized spacial score (nSPS) is 8.85. The molecular formula is C10H10N2O. The van der Waals surface area contributed by atoms with Crippen molar-refractivity contribution in [2.45, 2.75) is 0 Å². The average Bonchev–Trinajstić information content (AvgIpc) is 2.19. The van der Waals surface area contributed by atoms with Crippen molar-refractivity contribution in [1.82, 2.24) is 10.9 Å². The molecule has 0 heterocycles. The monoisotopic (exact) mass is 174 g/mol. The molecule has 0 radical (unpaired) electrons. The summed E-state index contributed by atoms with van der Waals surface area (Å²) in [6, 6.07) is 8.91. The van der Waals surface area contributed by atoms with Crippen molar-refractivity contribution in [2.24, 2.45) is 0 Å². The molecule has 13 heavy (non-hydrogen) atoms. The van der Waals surface area contributed by atoms with Gasteiger partial charge < -0.3 is 0 Å². The van der Waals surface area contributed by atoms with E-state index in [0.717, 1.165) is 0 Å². The third-order valence-corrected chi connectivity index (χ3v) is 1.43. The standard InChI is InChI=1S/C10H10N2O/c1-2-8-11-12-10(13)9-6-4-3-5-7-9/h1,3-7,11H,8H2,(H,12,13). The second-order valence-corrected chi connectivity index (χ2v) is 2.38. The molecule has 0 bridgehead atoms. The van der Waals surface area contributed by atoms with Crippen LogP contribution in [-0.2, 0) is 0 Å². The Balaban J connectivity index is 2.46. The second kappa shape index (κ2) is 4.96. The Morgan fingerprint density at radius 2 is 2.08 bits per heavy atom. The van der Waals surface area contributed by atoms with E-state index in [0.29, 0.717) is 12.1 Å². The van der Waals surface area contributed by atoms with Crippen LogP contribution in [0.1, 0.15) is 10.4 Å². The number of benzene rings is 1. The molecule has 0 saturated carbocycles. The summed E-state index contributed by atoms with van der Waals surface area (Å²) in [5.74, 6) is 2.16. The van der Waals surface area contributed by atoms with Crippen LogP contribution >= 0.6 is 0 Å². The molecule has 0 unspecified atom stereocenters. The van der Waals surface area contributed by atoms with Crippen LogP contribution in [0.25, 0.3) is 0 Å². The van der Waals surface area contributed by atoms with Gasteiger partial charge in [0.15, 0.2) is 0 Å². The largest absolute Gasteiger partial charge is 0.287 e. The van der Waals surface area contributed by atoms with E-state index in [-0.39, 0.29) is 5.91 Å². The summed E-state index contributed by atoms with van der Waals surface area (Å²) in [7, 11) is 0. The highest BCUT2D eigenvalue weighted by molar-refractivity contribution is 5.93. The van der Waals surface area contributed by atoms with Crippen LogP contribution in [0.5, 0.6) is 0 Å². The van der Waals surface area contributed by atoms with Gasteiger partial charge in [-0.15, -0.1) is 6.42 Å². The van der Waals surface area contributed by atoms with E-state index in [1.54, 1.807) is 24.3 Å². The van der Waals surface area contributed by atoms with Crippen molar-refractivity contribution in [3.8, 4) is 12.3 Å². The van der Waals surface area contributed by atoms with Crippen molar-refractivity contribution in [3.63, 3.8) is 0 Å². The molecule has 2 N–H and O–H groups in total. The van der Waals surface area contributed by atoms with Crippen molar-refractivity contribution in [3.05, 3.63) is 35.9 Å². The van der Waals surface area contributed by atoms with Crippen molar-refractivity contribution >= 4 is 5.91 Å². The highest BCUT2D eigenvalue weighted by atomic mass is 16.2. The van der Waals surface area contributed by atoms with Crippen LogP contribution in [-0.4, -0.2) is 12.5 Å². The van der Waals surface area contributed by atoms with E-state index >= 15 is 0 Å². The third kappa shape index (κ3) is 2.97. The highest BCUT2D eigenvalue weighted by Gasteiger charge is 2.01. The fraction of sp³-hybridized carbons (Fsp3) is 0.100. The summed E-state index contributed by atoms with van der Waals surface area (Å²) in [6.45, 7) is 0.318. The van der Waals surface area contributed by atoms with Crippen molar-refractivity contribution < 1.29 is 4.79 Å². The number of rotatable bonds is 3. The Morgan fingerprint density at radius 3 is 2.69 bits per heavy atom. The maximum Gasteiger partial charge on any atom is 0.265 e. The first-order valence-corrected chi connectivity index (χ1v) is 3.86. The molecule has 66 valence electrons. The van der Waals surface area contributed by atoms with Gasteiger partial charge in [0.25, 0.3) is 5.91 Å². The average molecular weight is 174 g/mol. The first-order chi connectivity index (χ1) is 6.34. The van der Waals surface area contributed by atoms with Gasteiger partial charge in [-0.25, -0.2) is 5.43 Å². The molecule has 3 heteroatoms. The molecule has 1 aromatic carbocycles. The number of amides is 1. The summed E-state index contributed by atoms with van der Waals surface area (Å²) in [6.07, 6.45) is 4.99. The summed E-state index contributed by atoms with van der Waals surface area (Å²) in [5.41, 5.74) is 5.67. The van der Waals surface area contributed by atoms with E-state index in [2.05, 4.69) is 16.8 Å². The minimum absolute atomic E-state index is 0.184. The van der Waals surface area contributed by atoms with Gasteiger partial charge in [0, 0.05) is 5.56 Å². The van der Waals surface area contributed by atoms with Gasteiger partial charge >= 0.3 is 0 Å². The number of hydrogen-bond acceptors (Lipinski definition) is 2. The molecule has 0 atom stereocenters. The molecule has 0 aromatic heterocycles. The van der Waals surface area contributed by atoms with Crippen LogP contribution in [0, 0.1) is 12.3 Å². The van der Waals surface area contributed by atoms with Gasteiger partial charge in [-0.1, -0.05) is 24.1 Å². The van der Waals surface area contributed by atoms with E-state index < -0.39 is 0 Å².